The highest BCUT2D eigenvalue weighted by atomic mass is 16.3. The fourth-order valence-corrected chi connectivity index (χ4v) is 3.43. The van der Waals surface area contributed by atoms with Crippen LogP contribution in [0.5, 0.6) is 0 Å². The van der Waals surface area contributed by atoms with Gasteiger partial charge in [-0.25, -0.2) is 9.97 Å². The highest BCUT2D eigenvalue weighted by Gasteiger charge is 2.11. The van der Waals surface area contributed by atoms with Crippen LogP contribution in [0.15, 0.2) is 60.8 Å². The van der Waals surface area contributed by atoms with Crippen LogP contribution in [0, 0.1) is 0 Å². The van der Waals surface area contributed by atoms with Crippen molar-refractivity contribution in [3.8, 4) is 22.9 Å². The van der Waals surface area contributed by atoms with Crippen LogP contribution < -0.4 is 4.90 Å². The third-order valence-corrected chi connectivity index (χ3v) is 5.00. The Bertz CT molecular complexity index is 1290. The van der Waals surface area contributed by atoms with Crippen LogP contribution >= 0.6 is 0 Å². The molecular formula is C22H20N6O. The lowest BCUT2D eigenvalue weighted by Gasteiger charge is -2.17. The van der Waals surface area contributed by atoms with Gasteiger partial charge in [0.1, 0.15) is 11.5 Å². The number of pyridine rings is 1. The van der Waals surface area contributed by atoms with Crippen molar-refractivity contribution in [1.29, 1.82) is 0 Å². The minimum absolute atomic E-state index is 0.119. The van der Waals surface area contributed by atoms with Gasteiger partial charge in [0.25, 0.3) is 0 Å². The van der Waals surface area contributed by atoms with Crippen LogP contribution in [0.1, 0.15) is 0 Å². The van der Waals surface area contributed by atoms with E-state index in [1.54, 1.807) is 6.20 Å². The number of H-pyrrole nitrogens is 2. The first-order chi connectivity index (χ1) is 14.2. The second kappa shape index (κ2) is 7.03. The van der Waals surface area contributed by atoms with Gasteiger partial charge in [0.2, 0.25) is 0 Å². The van der Waals surface area contributed by atoms with Crippen molar-refractivity contribution in [2.24, 2.45) is 0 Å². The molecule has 3 aromatic heterocycles. The number of hydrogen-bond acceptors (Lipinski definition) is 5. The molecule has 0 unspecified atom stereocenters. The number of hydrogen-bond donors (Lipinski definition) is 3. The molecular weight excluding hydrogens is 364 g/mol. The first-order valence-corrected chi connectivity index (χ1v) is 9.44. The molecule has 0 amide bonds. The fourth-order valence-electron chi connectivity index (χ4n) is 3.43. The summed E-state index contributed by atoms with van der Waals surface area (Å²) in [7, 11) is 1.96. The van der Waals surface area contributed by atoms with Gasteiger partial charge in [-0.2, -0.15) is 0 Å². The quantitative estimate of drug-likeness (QED) is 0.430. The van der Waals surface area contributed by atoms with E-state index in [9.17, 15) is 0 Å². The number of aromatic nitrogens is 5. The van der Waals surface area contributed by atoms with E-state index in [4.69, 9.17) is 10.1 Å². The van der Waals surface area contributed by atoms with Crippen LogP contribution in [-0.4, -0.2) is 50.2 Å². The van der Waals surface area contributed by atoms with E-state index in [0.29, 0.717) is 6.54 Å². The van der Waals surface area contributed by atoms with Crippen LogP contribution in [0.2, 0.25) is 0 Å². The molecule has 0 bridgehead atoms. The van der Waals surface area contributed by atoms with Crippen LogP contribution in [0.3, 0.4) is 0 Å². The third-order valence-electron chi connectivity index (χ3n) is 5.00. The molecule has 0 aliphatic carbocycles. The van der Waals surface area contributed by atoms with Gasteiger partial charge in [0, 0.05) is 31.0 Å². The smallest absolute Gasteiger partial charge is 0.157 e. The van der Waals surface area contributed by atoms with E-state index < -0.39 is 0 Å². The number of aromatic amines is 2. The van der Waals surface area contributed by atoms with E-state index in [0.717, 1.165) is 50.7 Å². The third kappa shape index (κ3) is 3.21. The van der Waals surface area contributed by atoms with Crippen molar-refractivity contribution in [3.05, 3.63) is 60.8 Å². The minimum Gasteiger partial charge on any atom is -0.395 e. The molecule has 0 fully saturated rings. The van der Waals surface area contributed by atoms with Gasteiger partial charge < -0.3 is 20.0 Å². The van der Waals surface area contributed by atoms with Gasteiger partial charge in [0.15, 0.2) is 5.82 Å². The number of aliphatic hydroxyl groups is 1. The van der Waals surface area contributed by atoms with Crippen LogP contribution in [-0.2, 0) is 0 Å². The van der Waals surface area contributed by atoms with Crippen molar-refractivity contribution in [1.82, 2.24) is 24.9 Å². The van der Waals surface area contributed by atoms with Crippen molar-refractivity contribution in [2.75, 3.05) is 25.1 Å². The molecule has 7 nitrogen and oxygen atoms in total. The zero-order valence-electron chi connectivity index (χ0n) is 15.9. The standard InChI is InChI=1S/C22H20N6O/c1-28(10-11-29)15-6-8-17-20(13-15)26-21(24-17)14-5-7-16-19(12-14)27-22(25-16)18-4-2-3-9-23-18/h2-9,12-13,29H,10-11H2,1H3,(H,24,26)(H,25,27). The maximum Gasteiger partial charge on any atom is 0.157 e. The summed E-state index contributed by atoms with van der Waals surface area (Å²) in [6.07, 6.45) is 1.76. The van der Waals surface area contributed by atoms with Gasteiger partial charge in [0.05, 0.1) is 28.7 Å². The maximum absolute atomic E-state index is 9.15. The number of rotatable bonds is 5. The molecule has 29 heavy (non-hydrogen) atoms. The number of benzene rings is 2. The molecule has 0 spiro atoms. The Morgan fingerprint density at radius 1 is 0.897 bits per heavy atom. The summed E-state index contributed by atoms with van der Waals surface area (Å²) < 4.78 is 0. The number of anilines is 1. The van der Waals surface area contributed by atoms with E-state index in [-0.39, 0.29) is 6.61 Å². The zero-order chi connectivity index (χ0) is 19.8. The molecule has 0 saturated heterocycles. The Kier molecular flexibility index (Phi) is 4.22. The predicted molar refractivity (Wildman–Crippen MR) is 115 cm³/mol. The lowest BCUT2D eigenvalue weighted by Crippen LogP contribution is -2.20. The number of imidazole rings is 2. The molecule has 3 heterocycles. The second-order valence-corrected chi connectivity index (χ2v) is 6.96. The fraction of sp³-hybridized carbons (Fsp3) is 0.136. The minimum atomic E-state index is 0.119. The Labute approximate surface area is 167 Å². The highest BCUT2D eigenvalue weighted by molar-refractivity contribution is 5.86. The number of aliphatic hydroxyl groups excluding tert-OH is 1. The number of fused-ring (bicyclic) bond motifs is 2. The predicted octanol–water partition coefficient (Wildman–Crippen LogP) is 3.60. The van der Waals surface area contributed by atoms with Gasteiger partial charge in [-0.15, -0.1) is 0 Å². The lowest BCUT2D eigenvalue weighted by molar-refractivity contribution is 0.304. The lowest BCUT2D eigenvalue weighted by atomic mass is 10.2. The molecule has 144 valence electrons. The van der Waals surface area contributed by atoms with Gasteiger partial charge in [-0.1, -0.05) is 6.07 Å². The molecule has 0 atom stereocenters. The summed E-state index contributed by atoms with van der Waals surface area (Å²) in [5.41, 5.74) is 6.51. The highest BCUT2D eigenvalue weighted by Crippen LogP contribution is 2.27. The van der Waals surface area contributed by atoms with Crippen molar-refractivity contribution in [3.63, 3.8) is 0 Å². The average molecular weight is 384 g/mol. The SMILES string of the molecule is CN(CCO)c1ccc2nc(-c3ccc4nc(-c5ccccn5)[nH]c4c3)[nH]c2c1. The number of nitrogens with one attached hydrogen (secondary N) is 2. The molecule has 0 radical (unpaired) electrons. The van der Waals surface area contributed by atoms with E-state index in [1.165, 1.54) is 0 Å². The van der Waals surface area contributed by atoms with Gasteiger partial charge in [-0.3, -0.25) is 4.98 Å². The van der Waals surface area contributed by atoms with Crippen LogP contribution in [0.4, 0.5) is 5.69 Å². The van der Waals surface area contributed by atoms with Gasteiger partial charge in [-0.05, 0) is 48.5 Å². The average Bonchev–Trinajstić information content (AvgIpc) is 3.37. The second-order valence-electron chi connectivity index (χ2n) is 6.96. The van der Waals surface area contributed by atoms with Crippen molar-refractivity contribution < 1.29 is 5.11 Å². The molecule has 0 aliphatic rings. The molecule has 5 aromatic rings. The molecule has 0 saturated carbocycles. The van der Waals surface area contributed by atoms with Gasteiger partial charge >= 0.3 is 0 Å². The first kappa shape index (κ1) is 17.4. The van der Waals surface area contributed by atoms with Crippen molar-refractivity contribution >= 4 is 27.8 Å². The van der Waals surface area contributed by atoms with E-state index in [1.807, 2.05) is 60.5 Å². The van der Waals surface area contributed by atoms with E-state index in [2.05, 4.69) is 26.0 Å². The number of nitrogens with zero attached hydrogens (tertiary/aromatic N) is 4. The largest absolute Gasteiger partial charge is 0.395 e. The van der Waals surface area contributed by atoms with Crippen LogP contribution in [0.25, 0.3) is 45.0 Å². The normalized spacial score (nSPS) is 11.4. The molecule has 2 aromatic carbocycles. The van der Waals surface area contributed by atoms with Crippen molar-refractivity contribution in [2.45, 2.75) is 0 Å². The summed E-state index contributed by atoms with van der Waals surface area (Å²) in [6.45, 7) is 0.703. The van der Waals surface area contributed by atoms with E-state index >= 15 is 0 Å². The Hall–Kier alpha value is -3.71. The Morgan fingerprint density at radius 2 is 1.66 bits per heavy atom. The molecule has 5 rings (SSSR count). The molecule has 7 heteroatoms. The maximum atomic E-state index is 9.15. The molecule has 0 aliphatic heterocycles. The topological polar surface area (TPSA) is 93.7 Å². The summed E-state index contributed by atoms with van der Waals surface area (Å²) in [5, 5.41) is 9.15. The summed E-state index contributed by atoms with van der Waals surface area (Å²) >= 11 is 0. The Balaban J connectivity index is 1.52. The summed E-state index contributed by atoms with van der Waals surface area (Å²) in [6, 6.07) is 17.9. The summed E-state index contributed by atoms with van der Waals surface area (Å²) in [4.78, 5) is 22.5. The zero-order valence-corrected chi connectivity index (χ0v) is 15.9. The number of likely N-dealkylation sites (N-methyl/N-ethyl adjacent to an activating group) is 1. The first-order valence-electron chi connectivity index (χ1n) is 9.44. The monoisotopic (exact) mass is 384 g/mol. The Morgan fingerprint density at radius 3 is 2.45 bits per heavy atom. The molecule has 3 N–H and O–H groups in total. The summed E-state index contributed by atoms with van der Waals surface area (Å²) in [5.74, 6) is 1.55.